The summed E-state index contributed by atoms with van der Waals surface area (Å²) < 4.78 is 10.8. The van der Waals surface area contributed by atoms with Gasteiger partial charge in [-0.3, -0.25) is 0 Å². The van der Waals surface area contributed by atoms with Crippen molar-refractivity contribution >= 4 is 11.6 Å². The van der Waals surface area contributed by atoms with Crippen LogP contribution in [0.3, 0.4) is 0 Å². The fourth-order valence-electron chi connectivity index (χ4n) is 1.47. The van der Waals surface area contributed by atoms with Crippen LogP contribution < -0.4 is 14.8 Å². The van der Waals surface area contributed by atoms with Gasteiger partial charge in [-0.25, -0.2) is 0 Å². The SMILES string of the molecule is CNCc1cc(Cl)c(OCC(C)(C)O)c(OC)c1. The summed E-state index contributed by atoms with van der Waals surface area (Å²) in [5, 5.41) is 13.2. The van der Waals surface area contributed by atoms with Gasteiger partial charge in [0, 0.05) is 6.54 Å². The third-order valence-electron chi connectivity index (χ3n) is 2.24. The molecule has 0 saturated heterocycles. The first kappa shape index (κ1) is 15.1. The number of ether oxygens (including phenoxy) is 2. The first-order valence-corrected chi connectivity index (χ1v) is 6.11. The molecular formula is C13H20ClNO3. The molecule has 2 N–H and O–H groups in total. The number of rotatable bonds is 6. The number of halogens is 1. The summed E-state index contributed by atoms with van der Waals surface area (Å²) in [5.74, 6) is 1.03. The molecule has 0 aliphatic heterocycles. The second kappa shape index (κ2) is 6.27. The number of nitrogens with one attached hydrogen (secondary N) is 1. The minimum absolute atomic E-state index is 0.147. The number of hydrogen-bond acceptors (Lipinski definition) is 4. The zero-order chi connectivity index (χ0) is 13.8. The molecule has 102 valence electrons. The molecule has 0 spiro atoms. The van der Waals surface area contributed by atoms with E-state index >= 15 is 0 Å². The van der Waals surface area contributed by atoms with Gasteiger partial charge in [-0.1, -0.05) is 11.6 Å². The minimum Gasteiger partial charge on any atom is -0.493 e. The molecule has 0 unspecified atom stereocenters. The van der Waals surface area contributed by atoms with Gasteiger partial charge in [0.15, 0.2) is 11.5 Å². The van der Waals surface area contributed by atoms with Crippen molar-refractivity contribution in [3.63, 3.8) is 0 Å². The van der Waals surface area contributed by atoms with Crippen molar-refractivity contribution in [2.75, 3.05) is 20.8 Å². The molecule has 0 bridgehead atoms. The first-order valence-electron chi connectivity index (χ1n) is 5.73. The van der Waals surface area contributed by atoms with E-state index in [4.69, 9.17) is 21.1 Å². The molecule has 1 aromatic carbocycles. The van der Waals surface area contributed by atoms with Gasteiger partial charge < -0.3 is 19.9 Å². The van der Waals surface area contributed by atoms with E-state index in [1.807, 2.05) is 19.2 Å². The molecule has 4 nitrogen and oxygen atoms in total. The molecule has 0 aliphatic rings. The van der Waals surface area contributed by atoms with E-state index in [1.54, 1.807) is 21.0 Å². The van der Waals surface area contributed by atoms with Crippen LogP contribution in [0.4, 0.5) is 0 Å². The van der Waals surface area contributed by atoms with Crippen molar-refractivity contribution in [2.24, 2.45) is 0 Å². The highest BCUT2D eigenvalue weighted by atomic mass is 35.5. The highest BCUT2D eigenvalue weighted by Crippen LogP contribution is 2.36. The van der Waals surface area contributed by atoms with Gasteiger partial charge in [0.1, 0.15) is 6.61 Å². The van der Waals surface area contributed by atoms with E-state index in [9.17, 15) is 5.11 Å². The zero-order valence-electron chi connectivity index (χ0n) is 11.2. The van der Waals surface area contributed by atoms with Crippen LogP contribution in [0.15, 0.2) is 12.1 Å². The predicted molar refractivity (Wildman–Crippen MR) is 72.6 cm³/mol. The largest absolute Gasteiger partial charge is 0.493 e. The van der Waals surface area contributed by atoms with E-state index in [-0.39, 0.29) is 6.61 Å². The van der Waals surface area contributed by atoms with Crippen LogP contribution in [-0.4, -0.2) is 31.5 Å². The molecule has 0 amide bonds. The Labute approximate surface area is 113 Å². The summed E-state index contributed by atoms with van der Waals surface area (Å²) in [6.45, 7) is 4.18. The Morgan fingerprint density at radius 2 is 2.06 bits per heavy atom. The van der Waals surface area contributed by atoms with Crippen molar-refractivity contribution in [3.05, 3.63) is 22.7 Å². The third-order valence-corrected chi connectivity index (χ3v) is 2.52. The fraction of sp³-hybridized carbons (Fsp3) is 0.538. The molecule has 1 rings (SSSR count). The summed E-state index contributed by atoms with van der Waals surface area (Å²) in [7, 11) is 3.42. The Hall–Kier alpha value is -0.970. The summed E-state index contributed by atoms with van der Waals surface area (Å²) in [4.78, 5) is 0. The van der Waals surface area contributed by atoms with Crippen molar-refractivity contribution in [2.45, 2.75) is 26.0 Å². The van der Waals surface area contributed by atoms with Crippen molar-refractivity contribution in [1.82, 2.24) is 5.32 Å². The van der Waals surface area contributed by atoms with Crippen molar-refractivity contribution < 1.29 is 14.6 Å². The van der Waals surface area contributed by atoms with E-state index in [1.165, 1.54) is 0 Å². The monoisotopic (exact) mass is 273 g/mol. The van der Waals surface area contributed by atoms with Gasteiger partial charge in [0.05, 0.1) is 17.7 Å². The van der Waals surface area contributed by atoms with Crippen molar-refractivity contribution in [1.29, 1.82) is 0 Å². The molecular weight excluding hydrogens is 254 g/mol. The summed E-state index contributed by atoms with van der Waals surface area (Å²) in [5.41, 5.74) is 0.0906. The molecule has 0 aromatic heterocycles. The maximum Gasteiger partial charge on any atom is 0.179 e. The number of methoxy groups -OCH3 is 1. The number of hydrogen-bond donors (Lipinski definition) is 2. The van der Waals surface area contributed by atoms with Crippen LogP contribution in [0.1, 0.15) is 19.4 Å². The minimum atomic E-state index is -0.919. The second-order valence-electron chi connectivity index (χ2n) is 4.74. The second-order valence-corrected chi connectivity index (χ2v) is 5.15. The van der Waals surface area contributed by atoms with Crippen LogP contribution >= 0.6 is 11.6 Å². The molecule has 0 fully saturated rings. The van der Waals surface area contributed by atoms with Gasteiger partial charge in [0.25, 0.3) is 0 Å². The lowest BCUT2D eigenvalue weighted by Crippen LogP contribution is -2.28. The predicted octanol–water partition coefficient (Wildman–Crippen LogP) is 2.22. The average Bonchev–Trinajstić information content (AvgIpc) is 2.26. The van der Waals surface area contributed by atoms with Gasteiger partial charge >= 0.3 is 0 Å². The highest BCUT2D eigenvalue weighted by molar-refractivity contribution is 6.32. The van der Waals surface area contributed by atoms with E-state index < -0.39 is 5.60 Å². The maximum atomic E-state index is 9.65. The Morgan fingerprint density at radius 1 is 1.39 bits per heavy atom. The maximum absolute atomic E-state index is 9.65. The molecule has 0 heterocycles. The van der Waals surface area contributed by atoms with E-state index in [2.05, 4.69) is 5.32 Å². The van der Waals surface area contributed by atoms with Gasteiger partial charge in [0.2, 0.25) is 0 Å². The summed E-state index contributed by atoms with van der Waals surface area (Å²) in [6.07, 6.45) is 0. The van der Waals surface area contributed by atoms with Crippen LogP contribution in [0.25, 0.3) is 0 Å². The smallest absolute Gasteiger partial charge is 0.179 e. The average molecular weight is 274 g/mol. The molecule has 0 radical (unpaired) electrons. The first-order chi connectivity index (χ1) is 8.37. The molecule has 18 heavy (non-hydrogen) atoms. The number of benzene rings is 1. The Kier molecular flexibility index (Phi) is 5.26. The quantitative estimate of drug-likeness (QED) is 0.834. The summed E-state index contributed by atoms with van der Waals surface area (Å²) >= 11 is 6.16. The lowest BCUT2D eigenvalue weighted by molar-refractivity contribution is 0.0276. The van der Waals surface area contributed by atoms with Crippen LogP contribution in [0.5, 0.6) is 11.5 Å². The molecule has 0 saturated carbocycles. The molecule has 1 aromatic rings. The standard InChI is InChI=1S/C13H20ClNO3/c1-13(2,16)8-18-12-10(14)5-9(7-15-3)6-11(12)17-4/h5-6,15-16H,7-8H2,1-4H3. The van der Waals surface area contributed by atoms with E-state index in [0.717, 1.165) is 5.56 Å². The fourth-order valence-corrected chi connectivity index (χ4v) is 1.76. The van der Waals surface area contributed by atoms with Gasteiger partial charge in [-0.05, 0) is 38.6 Å². The molecule has 0 atom stereocenters. The molecule has 0 aliphatic carbocycles. The Balaban J connectivity index is 2.96. The molecule has 5 heteroatoms. The lowest BCUT2D eigenvalue weighted by atomic mass is 10.1. The normalized spacial score (nSPS) is 11.4. The Bertz CT molecular complexity index is 402. The lowest BCUT2D eigenvalue weighted by Gasteiger charge is -2.20. The van der Waals surface area contributed by atoms with Crippen molar-refractivity contribution in [3.8, 4) is 11.5 Å². The van der Waals surface area contributed by atoms with Crippen LogP contribution in [-0.2, 0) is 6.54 Å². The zero-order valence-corrected chi connectivity index (χ0v) is 12.0. The third kappa shape index (κ3) is 4.37. The van der Waals surface area contributed by atoms with Crippen LogP contribution in [0, 0.1) is 0 Å². The number of aliphatic hydroxyl groups is 1. The van der Waals surface area contributed by atoms with Crippen LogP contribution in [0.2, 0.25) is 5.02 Å². The van der Waals surface area contributed by atoms with Gasteiger partial charge in [-0.15, -0.1) is 0 Å². The highest BCUT2D eigenvalue weighted by Gasteiger charge is 2.17. The summed E-state index contributed by atoms with van der Waals surface area (Å²) in [6, 6.07) is 3.68. The van der Waals surface area contributed by atoms with E-state index in [0.29, 0.717) is 23.1 Å². The Morgan fingerprint density at radius 3 is 2.56 bits per heavy atom. The topological polar surface area (TPSA) is 50.7 Å². The van der Waals surface area contributed by atoms with Gasteiger partial charge in [-0.2, -0.15) is 0 Å².